The van der Waals surface area contributed by atoms with E-state index in [-0.39, 0.29) is 18.0 Å². The van der Waals surface area contributed by atoms with Crippen LogP contribution < -0.4 is 5.32 Å². The van der Waals surface area contributed by atoms with Gasteiger partial charge in [-0.3, -0.25) is 14.9 Å². The van der Waals surface area contributed by atoms with Crippen LogP contribution in [0.1, 0.15) is 22.3 Å². The van der Waals surface area contributed by atoms with E-state index in [9.17, 15) is 14.9 Å². The zero-order valence-corrected chi connectivity index (χ0v) is 12.8. The Bertz CT molecular complexity index is 739. The number of nitro benzene ring substituents is 1. The van der Waals surface area contributed by atoms with Crippen LogP contribution in [-0.4, -0.2) is 10.8 Å². The van der Waals surface area contributed by atoms with E-state index >= 15 is 0 Å². The van der Waals surface area contributed by atoms with Crippen molar-refractivity contribution in [1.82, 2.24) is 0 Å². The zero-order chi connectivity index (χ0) is 16.3. The van der Waals surface area contributed by atoms with Gasteiger partial charge in [-0.1, -0.05) is 29.8 Å². The summed E-state index contributed by atoms with van der Waals surface area (Å²) in [5.74, 6) is -0.183. The summed E-state index contributed by atoms with van der Waals surface area (Å²) in [5.41, 5.74) is 4.05. The SMILES string of the molecule is Cc1ccc(C)c(CC(=O)Nc2cccc([N+](=O)[O-])c2C)c1. The van der Waals surface area contributed by atoms with E-state index in [0.29, 0.717) is 11.3 Å². The molecule has 0 unspecified atom stereocenters. The Balaban J connectivity index is 2.18. The van der Waals surface area contributed by atoms with Crippen LogP contribution in [-0.2, 0) is 11.2 Å². The van der Waals surface area contributed by atoms with E-state index in [1.165, 1.54) is 6.07 Å². The second-order valence-electron chi connectivity index (χ2n) is 5.36. The molecule has 0 aliphatic carbocycles. The molecule has 5 nitrogen and oxygen atoms in total. The largest absolute Gasteiger partial charge is 0.325 e. The van der Waals surface area contributed by atoms with Gasteiger partial charge in [0.2, 0.25) is 5.91 Å². The molecule has 0 fully saturated rings. The summed E-state index contributed by atoms with van der Waals surface area (Å²) in [4.78, 5) is 22.7. The molecule has 1 amide bonds. The molecule has 2 aromatic rings. The summed E-state index contributed by atoms with van der Waals surface area (Å²) in [6.45, 7) is 5.57. The van der Waals surface area contributed by atoms with Crippen molar-refractivity contribution in [2.24, 2.45) is 0 Å². The van der Waals surface area contributed by atoms with Gasteiger partial charge in [0.1, 0.15) is 0 Å². The third kappa shape index (κ3) is 3.49. The van der Waals surface area contributed by atoms with Gasteiger partial charge >= 0.3 is 0 Å². The van der Waals surface area contributed by atoms with Gasteiger partial charge in [-0.25, -0.2) is 0 Å². The highest BCUT2D eigenvalue weighted by Crippen LogP contribution is 2.25. The molecule has 0 saturated carbocycles. The van der Waals surface area contributed by atoms with Crippen LogP contribution in [0.2, 0.25) is 0 Å². The number of carbonyl (C=O) groups is 1. The highest BCUT2D eigenvalue weighted by Gasteiger charge is 2.15. The van der Waals surface area contributed by atoms with E-state index in [2.05, 4.69) is 5.32 Å². The number of rotatable bonds is 4. The lowest BCUT2D eigenvalue weighted by Crippen LogP contribution is -2.16. The zero-order valence-electron chi connectivity index (χ0n) is 12.8. The second-order valence-corrected chi connectivity index (χ2v) is 5.36. The maximum absolute atomic E-state index is 12.2. The van der Waals surface area contributed by atoms with Crippen LogP contribution in [0.5, 0.6) is 0 Å². The van der Waals surface area contributed by atoms with E-state index in [0.717, 1.165) is 16.7 Å². The molecule has 0 aliphatic rings. The number of amides is 1. The average molecular weight is 298 g/mol. The lowest BCUT2D eigenvalue weighted by molar-refractivity contribution is -0.385. The van der Waals surface area contributed by atoms with E-state index in [1.54, 1.807) is 19.1 Å². The van der Waals surface area contributed by atoms with E-state index in [1.807, 2.05) is 32.0 Å². The number of nitrogens with one attached hydrogen (secondary N) is 1. The molecule has 2 rings (SSSR count). The molecule has 0 radical (unpaired) electrons. The van der Waals surface area contributed by atoms with Crippen molar-refractivity contribution in [3.63, 3.8) is 0 Å². The number of nitrogens with zero attached hydrogens (tertiary/aromatic N) is 1. The maximum Gasteiger partial charge on any atom is 0.274 e. The first-order valence-electron chi connectivity index (χ1n) is 6.98. The van der Waals surface area contributed by atoms with Crippen molar-refractivity contribution in [3.05, 3.63) is 68.8 Å². The Morgan fingerprint density at radius 2 is 1.91 bits per heavy atom. The van der Waals surface area contributed by atoms with Crippen molar-refractivity contribution >= 4 is 17.3 Å². The molecule has 114 valence electrons. The number of carbonyl (C=O) groups excluding carboxylic acids is 1. The van der Waals surface area contributed by atoms with Gasteiger partial charge in [-0.05, 0) is 38.0 Å². The molecule has 0 spiro atoms. The lowest BCUT2D eigenvalue weighted by Gasteiger charge is -2.10. The average Bonchev–Trinajstić information content (AvgIpc) is 2.45. The normalized spacial score (nSPS) is 10.3. The molecule has 0 atom stereocenters. The minimum Gasteiger partial charge on any atom is -0.325 e. The standard InChI is InChI=1S/C17H18N2O3/c1-11-7-8-12(2)14(9-11)10-17(20)18-15-5-4-6-16(13(15)3)19(21)22/h4-9H,10H2,1-3H3,(H,18,20). The van der Waals surface area contributed by atoms with Crippen LogP contribution in [0.3, 0.4) is 0 Å². The molecule has 5 heteroatoms. The Morgan fingerprint density at radius 1 is 1.18 bits per heavy atom. The fraction of sp³-hybridized carbons (Fsp3) is 0.235. The first-order valence-corrected chi connectivity index (χ1v) is 6.98. The van der Waals surface area contributed by atoms with Gasteiger partial charge < -0.3 is 5.32 Å². The summed E-state index contributed by atoms with van der Waals surface area (Å²) in [6, 6.07) is 10.6. The number of aryl methyl sites for hydroxylation is 2. The number of hydrogen-bond donors (Lipinski definition) is 1. The molecular formula is C17H18N2O3. The van der Waals surface area contributed by atoms with Gasteiger partial charge in [0.15, 0.2) is 0 Å². The number of benzene rings is 2. The fourth-order valence-electron chi connectivity index (χ4n) is 2.31. The van der Waals surface area contributed by atoms with E-state index < -0.39 is 4.92 Å². The van der Waals surface area contributed by atoms with Crippen molar-refractivity contribution < 1.29 is 9.72 Å². The third-order valence-corrected chi connectivity index (χ3v) is 3.63. The molecule has 0 aromatic heterocycles. The van der Waals surface area contributed by atoms with Gasteiger partial charge in [-0.2, -0.15) is 0 Å². The third-order valence-electron chi connectivity index (χ3n) is 3.63. The summed E-state index contributed by atoms with van der Waals surface area (Å²) in [6.07, 6.45) is 0.246. The molecule has 2 aromatic carbocycles. The van der Waals surface area contributed by atoms with Crippen molar-refractivity contribution in [1.29, 1.82) is 0 Å². The topological polar surface area (TPSA) is 72.2 Å². The molecule has 22 heavy (non-hydrogen) atoms. The van der Waals surface area contributed by atoms with Crippen molar-refractivity contribution in [2.75, 3.05) is 5.32 Å². The van der Waals surface area contributed by atoms with Crippen LogP contribution in [0.4, 0.5) is 11.4 Å². The van der Waals surface area contributed by atoms with Gasteiger partial charge in [0, 0.05) is 6.07 Å². The molecule has 0 heterocycles. The van der Waals surface area contributed by atoms with Gasteiger partial charge in [0.25, 0.3) is 5.69 Å². The Hall–Kier alpha value is -2.69. The lowest BCUT2D eigenvalue weighted by atomic mass is 10.0. The Kier molecular flexibility index (Phi) is 4.56. The smallest absolute Gasteiger partial charge is 0.274 e. The van der Waals surface area contributed by atoms with Crippen LogP contribution in [0.25, 0.3) is 0 Å². The van der Waals surface area contributed by atoms with Gasteiger partial charge in [0.05, 0.1) is 22.6 Å². The maximum atomic E-state index is 12.2. The minimum absolute atomic E-state index is 0.00420. The molecule has 1 N–H and O–H groups in total. The first kappa shape index (κ1) is 15.7. The second kappa shape index (κ2) is 6.39. The Labute approximate surface area is 129 Å². The van der Waals surface area contributed by atoms with Crippen LogP contribution in [0, 0.1) is 30.9 Å². The predicted molar refractivity (Wildman–Crippen MR) is 86.1 cm³/mol. The van der Waals surface area contributed by atoms with Crippen LogP contribution >= 0.6 is 0 Å². The first-order chi connectivity index (χ1) is 10.4. The van der Waals surface area contributed by atoms with Crippen LogP contribution in [0.15, 0.2) is 36.4 Å². The summed E-state index contributed by atoms with van der Waals surface area (Å²) < 4.78 is 0. The minimum atomic E-state index is -0.449. The number of nitro groups is 1. The summed E-state index contributed by atoms with van der Waals surface area (Å²) >= 11 is 0. The highest BCUT2D eigenvalue weighted by atomic mass is 16.6. The fourth-order valence-corrected chi connectivity index (χ4v) is 2.31. The van der Waals surface area contributed by atoms with Crippen molar-refractivity contribution in [2.45, 2.75) is 27.2 Å². The van der Waals surface area contributed by atoms with Gasteiger partial charge in [-0.15, -0.1) is 0 Å². The summed E-state index contributed by atoms with van der Waals surface area (Å²) in [7, 11) is 0. The molecule has 0 aliphatic heterocycles. The molecule has 0 bridgehead atoms. The quantitative estimate of drug-likeness (QED) is 0.691. The molecular weight excluding hydrogens is 280 g/mol. The number of hydrogen-bond acceptors (Lipinski definition) is 3. The molecule has 0 saturated heterocycles. The van der Waals surface area contributed by atoms with Crippen molar-refractivity contribution in [3.8, 4) is 0 Å². The van der Waals surface area contributed by atoms with E-state index in [4.69, 9.17) is 0 Å². The predicted octanol–water partition coefficient (Wildman–Crippen LogP) is 3.70. The summed E-state index contributed by atoms with van der Waals surface area (Å²) in [5, 5.41) is 13.7. The highest BCUT2D eigenvalue weighted by molar-refractivity contribution is 5.93. The Morgan fingerprint density at radius 3 is 2.59 bits per heavy atom. The monoisotopic (exact) mass is 298 g/mol. The number of anilines is 1.